The minimum absolute atomic E-state index is 0.115. The molecular weight excluding hydrogens is 264 g/mol. The second-order valence-corrected chi connectivity index (χ2v) is 6.04. The van der Waals surface area contributed by atoms with Crippen molar-refractivity contribution in [1.82, 2.24) is 4.72 Å². The van der Waals surface area contributed by atoms with Crippen molar-refractivity contribution in [2.24, 2.45) is 0 Å². The molecule has 0 spiro atoms. The molecule has 0 bridgehead atoms. The van der Waals surface area contributed by atoms with Crippen molar-refractivity contribution in [3.8, 4) is 0 Å². The Kier molecular flexibility index (Phi) is 3.64. The van der Waals surface area contributed by atoms with E-state index in [4.69, 9.17) is 10.2 Å². The predicted octanol–water partition coefficient (Wildman–Crippen LogP) is 1.96. The third kappa shape index (κ3) is 2.97. The Morgan fingerprint density at radius 1 is 1.21 bits per heavy atom. The summed E-state index contributed by atoms with van der Waals surface area (Å²) in [6.07, 6.45) is 0. The lowest BCUT2D eigenvalue weighted by Crippen LogP contribution is -2.24. The Bertz CT molecular complexity index is 690. The van der Waals surface area contributed by atoms with Gasteiger partial charge in [-0.05, 0) is 43.7 Å². The molecule has 1 heterocycles. The highest BCUT2D eigenvalue weighted by Crippen LogP contribution is 2.20. The molecule has 0 radical (unpaired) electrons. The second kappa shape index (κ2) is 5.07. The molecule has 0 saturated carbocycles. The van der Waals surface area contributed by atoms with Gasteiger partial charge in [0, 0.05) is 5.69 Å². The zero-order valence-corrected chi connectivity index (χ0v) is 11.6. The number of nitrogens with two attached hydrogens (primary N) is 1. The molecule has 19 heavy (non-hydrogen) atoms. The molecule has 3 N–H and O–H groups in total. The van der Waals surface area contributed by atoms with Crippen molar-refractivity contribution in [2.75, 3.05) is 5.73 Å². The SMILES string of the molecule is Cc1ccc(CNS(=O)(=O)c2cccc(N)c2C)o1. The highest BCUT2D eigenvalue weighted by molar-refractivity contribution is 7.89. The van der Waals surface area contributed by atoms with E-state index < -0.39 is 10.0 Å². The van der Waals surface area contributed by atoms with Crippen LogP contribution in [0.4, 0.5) is 5.69 Å². The topological polar surface area (TPSA) is 85.3 Å². The molecule has 0 saturated heterocycles. The molecule has 0 aliphatic rings. The van der Waals surface area contributed by atoms with Gasteiger partial charge in [-0.2, -0.15) is 0 Å². The molecule has 0 aliphatic carbocycles. The Labute approximate surface area is 112 Å². The van der Waals surface area contributed by atoms with E-state index in [-0.39, 0.29) is 11.4 Å². The van der Waals surface area contributed by atoms with Crippen LogP contribution in [0.25, 0.3) is 0 Å². The monoisotopic (exact) mass is 280 g/mol. The van der Waals surface area contributed by atoms with Gasteiger partial charge in [0.2, 0.25) is 10.0 Å². The second-order valence-electron chi connectivity index (χ2n) is 4.31. The molecule has 2 aromatic rings. The Morgan fingerprint density at radius 2 is 1.95 bits per heavy atom. The summed E-state index contributed by atoms with van der Waals surface area (Å²) in [7, 11) is -3.59. The van der Waals surface area contributed by atoms with E-state index >= 15 is 0 Å². The fourth-order valence-corrected chi connectivity index (χ4v) is 3.01. The first-order chi connectivity index (χ1) is 8.90. The fourth-order valence-electron chi connectivity index (χ4n) is 1.75. The lowest BCUT2D eigenvalue weighted by atomic mass is 10.2. The summed E-state index contributed by atoms with van der Waals surface area (Å²) >= 11 is 0. The third-order valence-electron chi connectivity index (χ3n) is 2.85. The maximum Gasteiger partial charge on any atom is 0.241 e. The first-order valence-corrected chi connectivity index (χ1v) is 7.28. The van der Waals surface area contributed by atoms with Gasteiger partial charge in [-0.3, -0.25) is 0 Å². The van der Waals surface area contributed by atoms with E-state index in [2.05, 4.69) is 4.72 Å². The molecule has 2 rings (SSSR count). The van der Waals surface area contributed by atoms with Crippen LogP contribution in [0, 0.1) is 13.8 Å². The van der Waals surface area contributed by atoms with E-state index in [0.29, 0.717) is 17.0 Å². The molecule has 1 aromatic carbocycles. The molecule has 5 nitrogen and oxygen atoms in total. The van der Waals surface area contributed by atoms with Gasteiger partial charge in [0.05, 0.1) is 11.4 Å². The minimum atomic E-state index is -3.59. The molecule has 0 amide bonds. The van der Waals surface area contributed by atoms with Gasteiger partial charge in [0.25, 0.3) is 0 Å². The van der Waals surface area contributed by atoms with Crippen molar-refractivity contribution in [2.45, 2.75) is 25.3 Å². The average Bonchev–Trinajstić information content (AvgIpc) is 2.76. The van der Waals surface area contributed by atoms with Crippen molar-refractivity contribution < 1.29 is 12.8 Å². The van der Waals surface area contributed by atoms with Gasteiger partial charge >= 0.3 is 0 Å². The summed E-state index contributed by atoms with van der Waals surface area (Å²) in [6, 6.07) is 8.35. The number of hydrogen-bond acceptors (Lipinski definition) is 4. The Hall–Kier alpha value is -1.79. The number of furan rings is 1. The highest BCUT2D eigenvalue weighted by atomic mass is 32.2. The zero-order chi connectivity index (χ0) is 14.0. The summed E-state index contributed by atoms with van der Waals surface area (Å²) in [5.41, 5.74) is 6.72. The summed E-state index contributed by atoms with van der Waals surface area (Å²) in [4.78, 5) is 0.191. The van der Waals surface area contributed by atoms with E-state index in [1.807, 2.05) is 0 Å². The van der Waals surface area contributed by atoms with E-state index in [1.54, 1.807) is 38.1 Å². The Morgan fingerprint density at radius 3 is 2.58 bits per heavy atom. The summed E-state index contributed by atoms with van der Waals surface area (Å²) in [6.45, 7) is 3.60. The number of rotatable bonds is 4. The van der Waals surface area contributed by atoms with Gasteiger partial charge in [-0.25, -0.2) is 13.1 Å². The van der Waals surface area contributed by atoms with Crippen LogP contribution in [0.1, 0.15) is 17.1 Å². The molecule has 102 valence electrons. The van der Waals surface area contributed by atoms with Gasteiger partial charge in [-0.1, -0.05) is 6.07 Å². The van der Waals surface area contributed by atoms with Crippen LogP contribution in [0.5, 0.6) is 0 Å². The highest BCUT2D eigenvalue weighted by Gasteiger charge is 2.17. The third-order valence-corrected chi connectivity index (χ3v) is 4.39. The molecular formula is C13H16N2O3S. The first kappa shape index (κ1) is 13.6. The molecule has 0 aliphatic heterocycles. The van der Waals surface area contributed by atoms with Crippen LogP contribution in [0.15, 0.2) is 39.6 Å². The van der Waals surface area contributed by atoms with Crippen LogP contribution in [0.3, 0.4) is 0 Å². The predicted molar refractivity (Wildman–Crippen MR) is 73.1 cm³/mol. The van der Waals surface area contributed by atoms with Crippen LogP contribution in [0.2, 0.25) is 0 Å². The van der Waals surface area contributed by atoms with Crippen LogP contribution in [-0.2, 0) is 16.6 Å². The number of aryl methyl sites for hydroxylation is 1. The summed E-state index contributed by atoms with van der Waals surface area (Å²) < 4.78 is 32.2. The lowest BCUT2D eigenvalue weighted by Gasteiger charge is -2.09. The first-order valence-electron chi connectivity index (χ1n) is 5.80. The van der Waals surface area contributed by atoms with E-state index in [0.717, 1.165) is 5.76 Å². The van der Waals surface area contributed by atoms with Crippen molar-refractivity contribution in [3.05, 3.63) is 47.4 Å². The van der Waals surface area contributed by atoms with Crippen molar-refractivity contribution in [1.29, 1.82) is 0 Å². The largest absolute Gasteiger partial charge is 0.465 e. The van der Waals surface area contributed by atoms with Crippen LogP contribution >= 0.6 is 0 Å². The normalized spacial score (nSPS) is 11.7. The lowest BCUT2D eigenvalue weighted by molar-refractivity contribution is 0.475. The van der Waals surface area contributed by atoms with E-state index in [1.165, 1.54) is 6.07 Å². The number of nitrogens with one attached hydrogen (secondary N) is 1. The molecule has 1 aromatic heterocycles. The fraction of sp³-hybridized carbons (Fsp3) is 0.231. The quantitative estimate of drug-likeness (QED) is 0.838. The standard InChI is InChI=1S/C13H16N2O3S/c1-9-6-7-11(18-9)8-15-19(16,17)13-5-3-4-12(14)10(13)2/h3-7,15H,8,14H2,1-2H3. The van der Waals surface area contributed by atoms with E-state index in [9.17, 15) is 8.42 Å². The van der Waals surface area contributed by atoms with Gasteiger partial charge in [0.15, 0.2) is 0 Å². The molecule has 0 atom stereocenters. The maximum absolute atomic E-state index is 12.2. The number of hydrogen-bond donors (Lipinski definition) is 2. The smallest absolute Gasteiger partial charge is 0.241 e. The van der Waals surface area contributed by atoms with Gasteiger partial charge in [0.1, 0.15) is 11.5 Å². The van der Waals surface area contributed by atoms with Crippen LogP contribution in [-0.4, -0.2) is 8.42 Å². The average molecular weight is 280 g/mol. The van der Waals surface area contributed by atoms with Gasteiger partial charge in [-0.15, -0.1) is 0 Å². The van der Waals surface area contributed by atoms with Crippen molar-refractivity contribution >= 4 is 15.7 Å². The zero-order valence-electron chi connectivity index (χ0n) is 10.8. The molecule has 0 unspecified atom stereocenters. The van der Waals surface area contributed by atoms with Crippen molar-refractivity contribution in [3.63, 3.8) is 0 Å². The molecule has 0 fully saturated rings. The van der Waals surface area contributed by atoms with Crippen LogP contribution < -0.4 is 10.5 Å². The number of nitrogen functional groups attached to an aromatic ring is 1. The summed E-state index contributed by atoms with van der Waals surface area (Å²) in [5.74, 6) is 1.32. The number of sulfonamides is 1. The van der Waals surface area contributed by atoms with Gasteiger partial charge < -0.3 is 10.2 Å². The number of anilines is 1. The number of benzene rings is 1. The summed E-state index contributed by atoms with van der Waals surface area (Å²) in [5, 5.41) is 0. The Balaban J connectivity index is 2.21. The molecule has 6 heteroatoms. The maximum atomic E-state index is 12.2. The minimum Gasteiger partial charge on any atom is -0.465 e.